The Kier molecular flexibility index (Phi) is 3.60. The fraction of sp³-hybridized carbons (Fsp3) is 0.909. The first kappa shape index (κ1) is 12.3. The molecule has 1 fully saturated rings. The number of nitrogens with zero attached hydrogens (tertiary/aromatic N) is 1. The van der Waals surface area contributed by atoms with Gasteiger partial charge in [0, 0.05) is 19.1 Å². The Morgan fingerprint density at radius 3 is 2.53 bits per heavy atom. The molecule has 2 atom stereocenters. The summed E-state index contributed by atoms with van der Waals surface area (Å²) in [6.45, 7) is 9.10. The van der Waals surface area contributed by atoms with Crippen molar-refractivity contribution in [2.75, 3.05) is 13.1 Å². The first-order valence-electron chi connectivity index (χ1n) is 5.53. The highest BCUT2D eigenvalue weighted by molar-refractivity contribution is 5.68. The standard InChI is InChI=1S/C11H22N2O2/c1-8-5-6-13(7-9(8)12)10(14)15-11(2,3)4/h8-9H,5-7,12H2,1-4H3/t8-,9+/m1/s1. The van der Waals surface area contributed by atoms with Crippen molar-refractivity contribution in [2.45, 2.75) is 45.8 Å². The van der Waals surface area contributed by atoms with Crippen molar-refractivity contribution < 1.29 is 9.53 Å². The molecule has 0 aliphatic carbocycles. The van der Waals surface area contributed by atoms with Gasteiger partial charge in [-0.2, -0.15) is 0 Å². The highest BCUT2D eigenvalue weighted by Gasteiger charge is 2.29. The average molecular weight is 214 g/mol. The zero-order chi connectivity index (χ0) is 11.6. The van der Waals surface area contributed by atoms with Crippen molar-refractivity contribution in [3.8, 4) is 0 Å². The summed E-state index contributed by atoms with van der Waals surface area (Å²) in [4.78, 5) is 13.4. The normalized spacial score (nSPS) is 27.7. The molecule has 1 aliphatic heterocycles. The van der Waals surface area contributed by atoms with E-state index in [1.807, 2.05) is 20.8 Å². The summed E-state index contributed by atoms with van der Waals surface area (Å²) in [6, 6.07) is 0.0752. The molecule has 1 saturated heterocycles. The van der Waals surface area contributed by atoms with E-state index in [1.54, 1.807) is 4.90 Å². The fourth-order valence-corrected chi connectivity index (χ4v) is 1.59. The minimum atomic E-state index is -0.426. The van der Waals surface area contributed by atoms with E-state index < -0.39 is 5.60 Å². The predicted octanol–water partition coefficient (Wildman–Crippen LogP) is 1.59. The maximum Gasteiger partial charge on any atom is 0.410 e. The van der Waals surface area contributed by atoms with E-state index in [0.717, 1.165) is 13.0 Å². The van der Waals surface area contributed by atoms with Gasteiger partial charge < -0.3 is 15.4 Å². The fourth-order valence-electron chi connectivity index (χ4n) is 1.59. The zero-order valence-corrected chi connectivity index (χ0v) is 10.1. The van der Waals surface area contributed by atoms with Crippen molar-refractivity contribution in [1.82, 2.24) is 4.90 Å². The van der Waals surface area contributed by atoms with Crippen molar-refractivity contribution in [3.05, 3.63) is 0 Å². The highest BCUT2D eigenvalue weighted by Crippen LogP contribution is 2.18. The SMILES string of the molecule is C[C@@H]1CCN(C(=O)OC(C)(C)C)C[C@@H]1N. The van der Waals surface area contributed by atoms with Crippen molar-refractivity contribution in [2.24, 2.45) is 11.7 Å². The predicted molar refractivity (Wildman–Crippen MR) is 59.6 cm³/mol. The van der Waals surface area contributed by atoms with Crippen molar-refractivity contribution >= 4 is 6.09 Å². The van der Waals surface area contributed by atoms with Crippen LogP contribution >= 0.6 is 0 Å². The summed E-state index contributed by atoms with van der Waals surface area (Å²) in [5.41, 5.74) is 5.49. The number of likely N-dealkylation sites (tertiary alicyclic amines) is 1. The molecule has 1 rings (SSSR count). The van der Waals surface area contributed by atoms with Crippen molar-refractivity contribution in [1.29, 1.82) is 0 Å². The maximum atomic E-state index is 11.7. The molecule has 88 valence electrons. The van der Waals surface area contributed by atoms with Crippen LogP contribution in [0.25, 0.3) is 0 Å². The minimum absolute atomic E-state index is 0.0752. The van der Waals surface area contributed by atoms with E-state index >= 15 is 0 Å². The molecule has 0 spiro atoms. The topological polar surface area (TPSA) is 55.6 Å². The first-order valence-corrected chi connectivity index (χ1v) is 5.53. The van der Waals surface area contributed by atoms with Crippen LogP contribution in [0.5, 0.6) is 0 Å². The Morgan fingerprint density at radius 1 is 1.47 bits per heavy atom. The molecule has 1 aliphatic rings. The van der Waals surface area contributed by atoms with Crippen LogP contribution in [0, 0.1) is 5.92 Å². The number of carbonyl (C=O) groups excluding carboxylic acids is 1. The Morgan fingerprint density at radius 2 is 2.07 bits per heavy atom. The molecule has 0 unspecified atom stereocenters. The number of hydrogen-bond acceptors (Lipinski definition) is 3. The van der Waals surface area contributed by atoms with E-state index in [0.29, 0.717) is 12.5 Å². The van der Waals surface area contributed by atoms with E-state index in [1.165, 1.54) is 0 Å². The van der Waals surface area contributed by atoms with E-state index in [-0.39, 0.29) is 12.1 Å². The summed E-state index contributed by atoms with van der Waals surface area (Å²) < 4.78 is 5.29. The Bertz CT molecular complexity index is 235. The molecule has 0 radical (unpaired) electrons. The Balaban J connectivity index is 2.48. The third kappa shape index (κ3) is 3.70. The van der Waals surface area contributed by atoms with Crippen LogP contribution in [0.3, 0.4) is 0 Å². The second kappa shape index (κ2) is 4.39. The lowest BCUT2D eigenvalue weighted by molar-refractivity contribution is 0.0167. The molecule has 2 N–H and O–H groups in total. The smallest absolute Gasteiger partial charge is 0.410 e. The number of carbonyl (C=O) groups is 1. The number of ether oxygens (including phenoxy) is 1. The van der Waals surface area contributed by atoms with Crippen molar-refractivity contribution in [3.63, 3.8) is 0 Å². The van der Waals surface area contributed by atoms with Gasteiger partial charge in [-0.05, 0) is 33.1 Å². The Labute approximate surface area is 91.8 Å². The van der Waals surface area contributed by atoms with Crippen LogP contribution in [0.2, 0.25) is 0 Å². The van der Waals surface area contributed by atoms with Gasteiger partial charge in [0.2, 0.25) is 0 Å². The van der Waals surface area contributed by atoms with Gasteiger partial charge in [-0.15, -0.1) is 0 Å². The monoisotopic (exact) mass is 214 g/mol. The quantitative estimate of drug-likeness (QED) is 0.666. The van der Waals surface area contributed by atoms with Gasteiger partial charge in [0.25, 0.3) is 0 Å². The second-order valence-corrected chi connectivity index (χ2v) is 5.36. The molecular formula is C11H22N2O2. The lowest BCUT2D eigenvalue weighted by Gasteiger charge is -2.35. The number of rotatable bonds is 0. The molecule has 0 bridgehead atoms. The van der Waals surface area contributed by atoms with Crippen LogP contribution in [0.4, 0.5) is 4.79 Å². The summed E-state index contributed by atoms with van der Waals surface area (Å²) in [7, 11) is 0. The van der Waals surface area contributed by atoms with Gasteiger partial charge in [-0.1, -0.05) is 6.92 Å². The van der Waals surface area contributed by atoms with Gasteiger partial charge in [0.05, 0.1) is 0 Å². The number of amides is 1. The average Bonchev–Trinajstić information content (AvgIpc) is 2.06. The van der Waals surface area contributed by atoms with Crippen LogP contribution < -0.4 is 5.73 Å². The summed E-state index contributed by atoms with van der Waals surface area (Å²) in [5, 5.41) is 0. The lowest BCUT2D eigenvalue weighted by Crippen LogP contribution is -2.50. The molecule has 0 aromatic rings. The van der Waals surface area contributed by atoms with Gasteiger partial charge >= 0.3 is 6.09 Å². The molecule has 1 heterocycles. The molecule has 0 saturated carbocycles. The number of piperidine rings is 1. The second-order valence-electron chi connectivity index (χ2n) is 5.36. The Hall–Kier alpha value is -0.770. The molecule has 4 heteroatoms. The number of hydrogen-bond donors (Lipinski definition) is 1. The molecule has 0 aromatic carbocycles. The molecule has 4 nitrogen and oxygen atoms in total. The molecule has 15 heavy (non-hydrogen) atoms. The summed E-state index contributed by atoms with van der Waals surface area (Å²) >= 11 is 0. The lowest BCUT2D eigenvalue weighted by atomic mass is 9.95. The van der Waals surface area contributed by atoms with Crippen LogP contribution in [-0.4, -0.2) is 35.7 Å². The molecule has 0 aromatic heterocycles. The van der Waals surface area contributed by atoms with Crippen LogP contribution in [0.1, 0.15) is 34.1 Å². The third-order valence-electron chi connectivity index (χ3n) is 2.67. The van der Waals surface area contributed by atoms with E-state index in [9.17, 15) is 4.79 Å². The largest absolute Gasteiger partial charge is 0.444 e. The summed E-state index contributed by atoms with van der Waals surface area (Å²) in [6.07, 6.45) is 0.713. The molecular weight excluding hydrogens is 192 g/mol. The van der Waals surface area contributed by atoms with Crippen LogP contribution in [0.15, 0.2) is 0 Å². The third-order valence-corrected chi connectivity index (χ3v) is 2.67. The summed E-state index contributed by atoms with van der Waals surface area (Å²) in [5.74, 6) is 0.490. The van der Waals surface area contributed by atoms with Gasteiger partial charge in [-0.25, -0.2) is 4.79 Å². The van der Waals surface area contributed by atoms with E-state index in [2.05, 4.69) is 6.92 Å². The minimum Gasteiger partial charge on any atom is -0.444 e. The van der Waals surface area contributed by atoms with Gasteiger partial charge in [0.15, 0.2) is 0 Å². The zero-order valence-electron chi connectivity index (χ0n) is 10.1. The number of nitrogens with two attached hydrogens (primary N) is 1. The van der Waals surface area contributed by atoms with E-state index in [4.69, 9.17) is 10.5 Å². The van der Waals surface area contributed by atoms with Crippen LogP contribution in [-0.2, 0) is 4.74 Å². The highest BCUT2D eigenvalue weighted by atomic mass is 16.6. The van der Waals surface area contributed by atoms with Gasteiger partial charge in [-0.3, -0.25) is 0 Å². The first-order chi connectivity index (χ1) is 6.79. The molecule has 1 amide bonds. The van der Waals surface area contributed by atoms with Gasteiger partial charge in [0.1, 0.15) is 5.60 Å². The maximum absolute atomic E-state index is 11.7.